The number of benzene rings is 2. The van der Waals surface area contributed by atoms with Crippen molar-refractivity contribution < 1.29 is 9.32 Å². The van der Waals surface area contributed by atoms with Gasteiger partial charge in [-0.25, -0.2) is 0 Å². The first-order chi connectivity index (χ1) is 14.1. The van der Waals surface area contributed by atoms with Crippen molar-refractivity contribution in [2.24, 2.45) is 0 Å². The summed E-state index contributed by atoms with van der Waals surface area (Å²) in [5.41, 5.74) is 3.82. The van der Waals surface area contributed by atoms with E-state index in [1.807, 2.05) is 39.6 Å². The van der Waals surface area contributed by atoms with Crippen LogP contribution in [0.4, 0.5) is 0 Å². The molecular formula is C23H25N4OS+. The third-order valence-corrected chi connectivity index (χ3v) is 5.45. The lowest BCUT2D eigenvalue weighted by molar-refractivity contribution is -0.917. The molecule has 0 bridgehead atoms. The number of furan rings is 1. The molecule has 4 aromatic rings. The molecule has 0 radical (unpaired) electrons. The first kappa shape index (κ1) is 19.4. The zero-order valence-corrected chi connectivity index (χ0v) is 17.5. The van der Waals surface area contributed by atoms with Gasteiger partial charge in [-0.15, -0.1) is 5.10 Å². The maximum Gasteiger partial charge on any atom is 0.203 e. The van der Waals surface area contributed by atoms with Crippen molar-refractivity contribution in [1.29, 1.82) is 0 Å². The van der Waals surface area contributed by atoms with Gasteiger partial charge in [0, 0.05) is 5.56 Å². The molecule has 1 N–H and O–H groups in total. The van der Waals surface area contributed by atoms with E-state index in [9.17, 15) is 0 Å². The molecule has 6 heteroatoms. The Morgan fingerprint density at radius 2 is 1.76 bits per heavy atom. The molecule has 2 aromatic heterocycles. The number of rotatable bonds is 7. The Bertz CT molecular complexity index is 1130. The Kier molecular flexibility index (Phi) is 5.74. The van der Waals surface area contributed by atoms with E-state index < -0.39 is 0 Å². The van der Waals surface area contributed by atoms with Crippen molar-refractivity contribution in [3.63, 3.8) is 0 Å². The predicted octanol–water partition coefficient (Wildman–Crippen LogP) is 3.70. The van der Waals surface area contributed by atoms with Crippen molar-refractivity contribution in [3.8, 4) is 11.6 Å². The SMILES string of the molecule is Cc1ccccc1C[NH+](C)Cn1nc(-c2ccco2)n(Cc2ccccc2)c1=S. The third-order valence-electron chi connectivity index (χ3n) is 5.02. The summed E-state index contributed by atoms with van der Waals surface area (Å²) in [5.74, 6) is 1.48. The molecule has 2 heterocycles. The Morgan fingerprint density at radius 3 is 2.48 bits per heavy atom. The van der Waals surface area contributed by atoms with E-state index in [1.54, 1.807) is 6.26 Å². The Labute approximate surface area is 175 Å². The van der Waals surface area contributed by atoms with Gasteiger partial charge in [0.05, 0.1) is 19.9 Å². The predicted molar refractivity (Wildman–Crippen MR) is 116 cm³/mol. The molecule has 148 valence electrons. The van der Waals surface area contributed by atoms with Crippen LogP contribution in [0.25, 0.3) is 11.6 Å². The molecule has 0 aliphatic rings. The van der Waals surface area contributed by atoms with E-state index in [-0.39, 0.29) is 0 Å². The van der Waals surface area contributed by atoms with Crippen molar-refractivity contribution in [1.82, 2.24) is 14.3 Å². The van der Waals surface area contributed by atoms with Crippen LogP contribution in [0.1, 0.15) is 16.7 Å². The molecule has 29 heavy (non-hydrogen) atoms. The van der Waals surface area contributed by atoms with Crippen molar-refractivity contribution in [3.05, 3.63) is 94.5 Å². The van der Waals surface area contributed by atoms with Gasteiger partial charge < -0.3 is 9.32 Å². The zero-order chi connectivity index (χ0) is 20.2. The van der Waals surface area contributed by atoms with E-state index in [1.165, 1.54) is 21.6 Å². The van der Waals surface area contributed by atoms with Crippen LogP contribution < -0.4 is 4.90 Å². The average molecular weight is 406 g/mol. The lowest BCUT2D eigenvalue weighted by Gasteiger charge is -2.15. The van der Waals surface area contributed by atoms with Gasteiger partial charge in [-0.05, 0) is 42.4 Å². The molecule has 1 unspecified atom stereocenters. The van der Waals surface area contributed by atoms with E-state index in [0.717, 1.165) is 18.1 Å². The van der Waals surface area contributed by atoms with E-state index in [0.29, 0.717) is 18.0 Å². The first-order valence-electron chi connectivity index (χ1n) is 9.73. The molecule has 5 nitrogen and oxygen atoms in total. The fourth-order valence-corrected chi connectivity index (χ4v) is 3.74. The zero-order valence-electron chi connectivity index (χ0n) is 16.7. The van der Waals surface area contributed by atoms with Gasteiger partial charge >= 0.3 is 0 Å². The van der Waals surface area contributed by atoms with Gasteiger partial charge in [-0.3, -0.25) is 4.57 Å². The molecule has 0 spiro atoms. The Balaban J connectivity index is 1.63. The maximum absolute atomic E-state index is 5.80. The minimum atomic E-state index is 0.659. The van der Waals surface area contributed by atoms with Gasteiger partial charge in [0.2, 0.25) is 4.77 Å². The van der Waals surface area contributed by atoms with E-state index in [2.05, 4.69) is 50.4 Å². The highest BCUT2D eigenvalue weighted by Crippen LogP contribution is 2.20. The highest BCUT2D eigenvalue weighted by molar-refractivity contribution is 7.71. The van der Waals surface area contributed by atoms with Crippen LogP contribution in [0.15, 0.2) is 77.4 Å². The summed E-state index contributed by atoms with van der Waals surface area (Å²) in [4.78, 5) is 1.31. The average Bonchev–Trinajstić information content (AvgIpc) is 3.35. The van der Waals surface area contributed by atoms with Crippen LogP contribution in [0.3, 0.4) is 0 Å². The van der Waals surface area contributed by atoms with E-state index >= 15 is 0 Å². The largest absolute Gasteiger partial charge is 0.461 e. The summed E-state index contributed by atoms with van der Waals surface area (Å²) in [7, 11) is 2.16. The molecular weight excluding hydrogens is 380 g/mol. The summed E-state index contributed by atoms with van der Waals surface area (Å²) in [6.45, 7) is 4.41. The summed E-state index contributed by atoms with van der Waals surface area (Å²) >= 11 is 5.80. The van der Waals surface area contributed by atoms with Crippen LogP contribution in [0, 0.1) is 11.7 Å². The van der Waals surface area contributed by atoms with Gasteiger partial charge in [0.1, 0.15) is 6.54 Å². The molecule has 0 fully saturated rings. The van der Waals surface area contributed by atoms with Gasteiger partial charge in [0.25, 0.3) is 0 Å². The summed E-state index contributed by atoms with van der Waals surface area (Å²) in [5, 5.41) is 4.81. The number of aromatic nitrogens is 3. The molecule has 0 aliphatic carbocycles. The third kappa shape index (κ3) is 4.39. The summed E-state index contributed by atoms with van der Waals surface area (Å²) in [6.07, 6.45) is 1.67. The Hall–Kier alpha value is -2.96. The number of nitrogens with zero attached hydrogens (tertiary/aromatic N) is 3. The fraction of sp³-hybridized carbons (Fsp3) is 0.217. The standard InChI is InChI=1S/C23H24N4OS/c1-18-9-6-7-12-20(18)16-25(2)17-27-23(29)26(15-19-10-4-3-5-11-19)22(24-27)21-13-8-14-28-21/h3-14H,15-17H2,1-2H3/p+1. The number of quaternary nitrogens is 1. The number of hydrogen-bond acceptors (Lipinski definition) is 3. The molecule has 4 rings (SSSR count). The molecule has 1 atom stereocenters. The highest BCUT2D eigenvalue weighted by Gasteiger charge is 2.17. The van der Waals surface area contributed by atoms with Crippen LogP contribution in [0.5, 0.6) is 0 Å². The van der Waals surface area contributed by atoms with Crippen molar-refractivity contribution in [2.75, 3.05) is 7.05 Å². The molecule has 0 amide bonds. The minimum absolute atomic E-state index is 0.659. The minimum Gasteiger partial charge on any atom is -0.461 e. The van der Waals surface area contributed by atoms with Gasteiger partial charge in [-0.2, -0.15) is 4.68 Å². The monoisotopic (exact) mass is 405 g/mol. The normalized spacial score (nSPS) is 12.2. The fourth-order valence-electron chi connectivity index (χ4n) is 3.49. The van der Waals surface area contributed by atoms with Crippen molar-refractivity contribution >= 4 is 12.2 Å². The van der Waals surface area contributed by atoms with Crippen LogP contribution in [0.2, 0.25) is 0 Å². The van der Waals surface area contributed by atoms with Gasteiger partial charge in [0.15, 0.2) is 18.3 Å². The topological polar surface area (TPSA) is 40.3 Å². The van der Waals surface area contributed by atoms with Crippen LogP contribution in [-0.4, -0.2) is 21.4 Å². The number of nitrogens with one attached hydrogen (secondary N) is 1. The maximum atomic E-state index is 5.80. The molecule has 0 saturated carbocycles. The van der Waals surface area contributed by atoms with E-state index in [4.69, 9.17) is 21.7 Å². The number of hydrogen-bond donors (Lipinski definition) is 1. The summed E-state index contributed by atoms with van der Waals surface area (Å²) < 4.78 is 10.3. The van der Waals surface area contributed by atoms with Crippen LogP contribution >= 0.6 is 12.2 Å². The lowest BCUT2D eigenvalue weighted by atomic mass is 10.1. The van der Waals surface area contributed by atoms with Gasteiger partial charge in [-0.1, -0.05) is 54.6 Å². The Morgan fingerprint density at radius 1 is 1.00 bits per heavy atom. The quantitative estimate of drug-likeness (QED) is 0.477. The molecule has 0 saturated heterocycles. The molecule has 0 aliphatic heterocycles. The highest BCUT2D eigenvalue weighted by atomic mass is 32.1. The van der Waals surface area contributed by atoms with Crippen LogP contribution in [-0.2, 0) is 19.8 Å². The summed E-state index contributed by atoms with van der Waals surface area (Å²) in [6, 6.07) is 22.6. The smallest absolute Gasteiger partial charge is 0.203 e. The number of aryl methyl sites for hydroxylation is 1. The first-order valence-corrected chi connectivity index (χ1v) is 10.1. The second kappa shape index (κ2) is 8.59. The second-order valence-electron chi connectivity index (χ2n) is 7.37. The second-order valence-corrected chi connectivity index (χ2v) is 7.74. The van der Waals surface area contributed by atoms with Crippen molar-refractivity contribution in [2.45, 2.75) is 26.7 Å². The molecule has 2 aromatic carbocycles. The lowest BCUT2D eigenvalue weighted by Crippen LogP contribution is -3.07.